The summed E-state index contributed by atoms with van der Waals surface area (Å²) in [5.41, 5.74) is 6.11. The monoisotopic (exact) mass is 273 g/mol. The lowest BCUT2D eigenvalue weighted by molar-refractivity contribution is 0.420. The maximum Gasteiger partial charge on any atom is 0.134 e. The fourth-order valence-corrected chi connectivity index (χ4v) is 2.41. The van der Waals surface area contributed by atoms with E-state index in [4.69, 9.17) is 10.5 Å². The summed E-state index contributed by atoms with van der Waals surface area (Å²) < 4.78 is 5.38. The van der Waals surface area contributed by atoms with Crippen LogP contribution in [-0.4, -0.2) is 24.7 Å². The number of aromatic nitrogens is 1. The van der Waals surface area contributed by atoms with E-state index in [1.807, 2.05) is 24.3 Å². The van der Waals surface area contributed by atoms with Crippen LogP contribution >= 0.6 is 0 Å². The quantitative estimate of drug-likeness (QED) is 0.849. The Bertz CT molecular complexity index is 569. The number of hydrogen-bond donors (Lipinski definition) is 2. The molecule has 0 bridgehead atoms. The Labute approximate surface area is 120 Å². The predicted octanol–water partition coefficient (Wildman–Crippen LogP) is 3.03. The van der Waals surface area contributed by atoms with Gasteiger partial charge in [-0.1, -0.05) is 26.0 Å². The van der Waals surface area contributed by atoms with Crippen LogP contribution in [0.3, 0.4) is 0 Å². The second-order valence-corrected chi connectivity index (χ2v) is 5.49. The van der Waals surface area contributed by atoms with Crippen molar-refractivity contribution in [2.75, 3.05) is 19.0 Å². The molecule has 1 aromatic carbocycles. The lowest BCUT2D eigenvalue weighted by Crippen LogP contribution is -2.30. The normalized spacial score (nSPS) is 12.7. The Morgan fingerprint density at radius 1 is 1.25 bits per heavy atom. The number of nitrogens with one attached hydrogen (secondary N) is 1. The van der Waals surface area contributed by atoms with Crippen LogP contribution in [0.15, 0.2) is 30.5 Å². The minimum Gasteiger partial charge on any atom is -0.496 e. The molecule has 4 nitrogen and oxygen atoms in total. The molecule has 1 heterocycles. The van der Waals surface area contributed by atoms with Gasteiger partial charge in [0.25, 0.3) is 0 Å². The zero-order valence-corrected chi connectivity index (χ0v) is 12.4. The van der Waals surface area contributed by atoms with E-state index in [0.29, 0.717) is 5.92 Å². The van der Waals surface area contributed by atoms with Crippen molar-refractivity contribution < 1.29 is 4.74 Å². The zero-order chi connectivity index (χ0) is 14.5. The third kappa shape index (κ3) is 3.39. The summed E-state index contributed by atoms with van der Waals surface area (Å²) in [6.45, 7) is 5.09. The number of rotatable bonds is 6. The molecule has 4 heteroatoms. The molecule has 108 valence electrons. The molecule has 0 radical (unpaired) electrons. The molecule has 2 rings (SSSR count). The summed E-state index contributed by atoms with van der Waals surface area (Å²) in [7, 11) is 1.68. The summed E-state index contributed by atoms with van der Waals surface area (Å²) >= 11 is 0. The van der Waals surface area contributed by atoms with Gasteiger partial charge in [-0.15, -0.1) is 0 Å². The van der Waals surface area contributed by atoms with Gasteiger partial charge in [-0.3, -0.25) is 0 Å². The third-order valence-corrected chi connectivity index (χ3v) is 3.29. The minimum atomic E-state index is 0.137. The molecule has 1 unspecified atom stereocenters. The molecule has 0 saturated carbocycles. The molecule has 1 aromatic heterocycles. The van der Waals surface area contributed by atoms with Crippen molar-refractivity contribution in [1.82, 2.24) is 4.98 Å². The van der Waals surface area contributed by atoms with Crippen LogP contribution in [0.1, 0.15) is 20.3 Å². The predicted molar refractivity (Wildman–Crippen MR) is 84.2 cm³/mol. The number of nitrogens with two attached hydrogens (primary N) is 1. The number of ether oxygens (including phenoxy) is 1. The number of anilines is 1. The van der Waals surface area contributed by atoms with Gasteiger partial charge in [-0.25, -0.2) is 4.98 Å². The first-order chi connectivity index (χ1) is 9.61. The maximum absolute atomic E-state index is 6.11. The highest BCUT2D eigenvalue weighted by atomic mass is 16.5. The molecule has 1 atom stereocenters. The summed E-state index contributed by atoms with van der Waals surface area (Å²) in [5.74, 6) is 2.33. The lowest BCUT2D eigenvalue weighted by Gasteiger charge is -2.16. The molecule has 0 amide bonds. The minimum absolute atomic E-state index is 0.137. The fourth-order valence-electron chi connectivity index (χ4n) is 2.41. The average Bonchev–Trinajstić information content (AvgIpc) is 2.43. The van der Waals surface area contributed by atoms with Crippen molar-refractivity contribution in [2.45, 2.75) is 26.3 Å². The molecular weight excluding hydrogens is 250 g/mol. The van der Waals surface area contributed by atoms with Crippen molar-refractivity contribution >= 4 is 16.6 Å². The van der Waals surface area contributed by atoms with Crippen LogP contribution in [0.4, 0.5) is 5.82 Å². The third-order valence-electron chi connectivity index (χ3n) is 3.29. The van der Waals surface area contributed by atoms with E-state index in [1.165, 1.54) is 0 Å². The van der Waals surface area contributed by atoms with Crippen molar-refractivity contribution in [2.24, 2.45) is 11.7 Å². The van der Waals surface area contributed by atoms with Crippen molar-refractivity contribution in [1.29, 1.82) is 0 Å². The van der Waals surface area contributed by atoms with Crippen LogP contribution in [0.2, 0.25) is 0 Å². The van der Waals surface area contributed by atoms with E-state index in [9.17, 15) is 0 Å². The topological polar surface area (TPSA) is 60.2 Å². The highest BCUT2D eigenvalue weighted by Crippen LogP contribution is 2.28. The van der Waals surface area contributed by atoms with Crippen LogP contribution in [0, 0.1) is 5.92 Å². The highest BCUT2D eigenvalue weighted by Gasteiger charge is 2.09. The second-order valence-electron chi connectivity index (χ2n) is 5.49. The van der Waals surface area contributed by atoms with Gasteiger partial charge in [0.1, 0.15) is 11.6 Å². The SMILES string of the molecule is COc1cccc2c(NCC(N)CC(C)C)nccc12. The van der Waals surface area contributed by atoms with Gasteiger partial charge < -0.3 is 15.8 Å². The largest absolute Gasteiger partial charge is 0.496 e. The molecule has 0 saturated heterocycles. The molecular formula is C16H23N3O. The van der Waals surface area contributed by atoms with E-state index in [0.717, 1.165) is 35.3 Å². The van der Waals surface area contributed by atoms with Gasteiger partial charge in [0.05, 0.1) is 7.11 Å². The first kappa shape index (κ1) is 14.6. The molecule has 0 spiro atoms. The summed E-state index contributed by atoms with van der Waals surface area (Å²) in [4.78, 5) is 4.41. The van der Waals surface area contributed by atoms with E-state index >= 15 is 0 Å². The summed E-state index contributed by atoms with van der Waals surface area (Å²) in [6.07, 6.45) is 2.79. The van der Waals surface area contributed by atoms with Gasteiger partial charge in [-0.2, -0.15) is 0 Å². The standard InChI is InChI=1S/C16H23N3O/c1-11(2)9-12(17)10-19-16-14-5-4-6-15(20-3)13(14)7-8-18-16/h4-8,11-12H,9-10,17H2,1-3H3,(H,18,19). The molecule has 2 aromatic rings. The molecule has 0 fully saturated rings. The Morgan fingerprint density at radius 2 is 2.05 bits per heavy atom. The Balaban J connectivity index is 2.18. The van der Waals surface area contributed by atoms with Gasteiger partial charge in [0.2, 0.25) is 0 Å². The number of pyridine rings is 1. The van der Waals surface area contributed by atoms with Crippen molar-refractivity contribution in [3.8, 4) is 5.75 Å². The fraction of sp³-hybridized carbons (Fsp3) is 0.438. The van der Waals surface area contributed by atoms with Crippen LogP contribution in [0.5, 0.6) is 5.75 Å². The summed E-state index contributed by atoms with van der Waals surface area (Å²) in [6, 6.07) is 8.07. The number of fused-ring (bicyclic) bond motifs is 1. The smallest absolute Gasteiger partial charge is 0.134 e. The van der Waals surface area contributed by atoms with Crippen LogP contribution < -0.4 is 15.8 Å². The Morgan fingerprint density at radius 3 is 2.75 bits per heavy atom. The average molecular weight is 273 g/mol. The Hall–Kier alpha value is -1.81. The van der Waals surface area contributed by atoms with E-state index < -0.39 is 0 Å². The summed E-state index contributed by atoms with van der Waals surface area (Å²) in [5, 5.41) is 5.47. The van der Waals surface area contributed by atoms with Crippen LogP contribution in [-0.2, 0) is 0 Å². The van der Waals surface area contributed by atoms with E-state index in [-0.39, 0.29) is 6.04 Å². The molecule has 0 aliphatic carbocycles. The number of nitrogens with zero attached hydrogens (tertiary/aromatic N) is 1. The van der Waals surface area contributed by atoms with Gasteiger partial charge >= 0.3 is 0 Å². The lowest BCUT2D eigenvalue weighted by atomic mass is 10.0. The molecule has 0 aliphatic heterocycles. The second kappa shape index (κ2) is 6.57. The maximum atomic E-state index is 6.11. The molecule has 0 aliphatic rings. The highest BCUT2D eigenvalue weighted by molar-refractivity contribution is 5.95. The number of methoxy groups -OCH3 is 1. The first-order valence-electron chi connectivity index (χ1n) is 7.03. The van der Waals surface area contributed by atoms with E-state index in [2.05, 4.69) is 24.1 Å². The van der Waals surface area contributed by atoms with Gasteiger partial charge in [0.15, 0.2) is 0 Å². The van der Waals surface area contributed by atoms with Crippen molar-refractivity contribution in [3.05, 3.63) is 30.5 Å². The van der Waals surface area contributed by atoms with Gasteiger partial charge in [0, 0.05) is 29.6 Å². The Kier molecular flexibility index (Phi) is 4.79. The van der Waals surface area contributed by atoms with E-state index in [1.54, 1.807) is 13.3 Å². The van der Waals surface area contributed by atoms with Crippen LogP contribution in [0.25, 0.3) is 10.8 Å². The van der Waals surface area contributed by atoms with Crippen molar-refractivity contribution in [3.63, 3.8) is 0 Å². The first-order valence-corrected chi connectivity index (χ1v) is 7.03. The number of benzene rings is 1. The zero-order valence-electron chi connectivity index (χ0n) is 12.4. The van der Waals surface area contributed by atoms with Gasteiger partial charge in [-0.05, 0) is 24.5 Å². The molecule has 3 N–H and O–H groups in total. The number of hydrogen-bond acceptors (Lipinski definition) is 4. The molecule has 20 heavy (non-hydrogen) atoms.